The van der Waals surface area contributed by atoms with Crippen molar-refractivity contribution in [2.24, 2.45) is 0 Å². The van der Waals surface area contributed by atoms with Crippen molar-refractivity contribution in [1.29, 1.82) is 0 Å². The summed E-state index contributed by atoms with van der Waals surface area (Å²) in [6.07, 6.45) is -1.07. The number of amides is 1. The Kier molecular flexibility index (Phi) is 6.20. The Morgan fingerprint density at radius 3 is 2.23 bits per heavy atom. The van der Waals surface area contributed by atoms with E-state index in [4.69, 9.17) is 9.47 Å². The van der Waals surface area contributed by atoms with Gasteiger partial charge in [-0.3, -0.25) is 4.79 Å². The van der Waals surface area contributed by atoms with Crippen LogP contribution in [0.2, 0.25) is 0 Å². The van der Waals surface area contributed by atoms with Gasteiger partial charge < -0.3 is 14.8 Å². The van der Waals surface area contributed by atoms with E-state index in [0.717, 1.165) is 11.3 Å². The van der Waals surface area contributed by atoms with Crippen LogP contribution in [-0.4, -0.2) is 25.1 Å². The number of thiazole rings is 1. The van der Waals surface area contributed by atoms with Gasteiger partial charge >= 0.3 is 0 Å². The van der Waals surface area contributed by atoms with Crippen LogP contribution in [0.3, 0.4) is 0 Å². The molecule has 1 aromatic heterocycles. The first kappa shape index (κ1) is 21.5. The predicted molar refractivity (Wildman–Crippen MR) is 99.2 cm³/mol. The molecule has 11 heteroatoms. The summed E-state index contributed by atoms with van der Waals surface area (Å²) in [5.41, 5.74) is -0.245. The van der Waals surface area contributed by atoms with E-state index < -0.39 is 47.0 Å². The Morgan fingerprint density at radius 1 is 1.00 bits per heavy atom. The molecule has 0 spiro atoms. The van der Waals surface area contributed by atoms with E-state index in [1.54, 1.807) is 23.6 Å². The number of nitrogens with one attached hydrogen (secondary N) is 1. The Morgan fingerprint density at radius 2 is 1.63 bits per heavy atom. The molecule has 0 saturated carbocycles. The van der Waals surface area contributed by atoms with Crippen LogP contribution < -0.4 is 14.8 Å². The molecule has 3 aromatic rings. The minimum atomic E-state index is -2.29. The second kappa shape index (κ2) is 8.66. The molecule has 3 rings (SSSR count). The Hall–Kier alpha value is -3.21. The van der Waals surface area contributed by atoms with Crippen molar-refractivity contribution in [1.82, 2.24) is 4.98 Å². The van der Waals surface area contributed by atoms with Gasteiger partial charge in [0.15, 0.2) is 28.4 Å². The predicted octanol–water partition coefficient (Wildman–Crippen LogP) is 4.70. The van der Waals surface area contributed by atoms with Gasteiger partial charge in [-0.2, -0.15) is 0 Å². The molecule has 0 fully saturated rings. The molecule has 0 aliphatic heterocycles. The van der Waals surface area contributed by atoms with Gasteiger partial charge in [0.2, 0.25) is 11.7 Å². The molecular formula is C19H13F5N2O3S. The van der Waals surface area contributed by atoms with Gasteiger partial charge in [-0.25, -0.2) is 26.9 Å². The standard InChI is InChI=1S/C19H13F5N2O3S/c1-28-8-3-4-12(29-2)9(5-8)11-7-30-19(25-11)26-13(27)6-10-14(20)16(22)18(24)17(23)15(10)21/h3-5,7H,6H2,1-2H3,(H,25,26,27). The summed E-state index contributed by atoms with van der Waals surface area (Å²) in [4.78, 5) is 16.3. The van der Waals surface area contributed by atoms with Crippen molar-refractivity contribution in [3.63, 3.8) is 0 Å². The van der Waals surface area contributed by atoms with Gasteiger partial charge in [0.05, 0.1) is 26.3 Å². The Labute approximate surface area is 171 Å². The highest BCUT2D eigenvalue weighted by atomic mass is 32.1. The highest BCUT2D eigenvalue weighted by Crippen LogP contribution is 2.35. The zero-order chi connectivity index (χ0) is 22.0. The van der Waals surface area contributed by atoms with Crippen LogP contribution in [0.25, 0.3) is 11.3 Å². The van der Waals surface area contributed by atoms with E-state index in [1.165, 1.54) is 14.2 Å². The number of carbonyl (C=O) groups excluding carboxylic acids is 1. The first-order chi connectivity index (χ1) is 14.3. The number of hydrogen-bond donors (Lipinski definition) is 1. The summed E-state index contributed by atoms with van der Waals surface area (Å²) >= 11 is 0.998. The van der Waals surface area contributed by atoms with Crippen LogP contribution in [0.15, 0.2) is 23.6 Å². The smallest absolute Gasteiger partial charge is 0.230 e. The molecule has 0 atom stereocenters. The van der Waals surface area contributed by atoms with E-state index in [0.29, 0.717) is 22.8 Å². The lowest BCUT2D eigenvalue weighted by Crippen LogP contribution is -2.18. The molecule has 5 nitrogen and oxygen atoms in total. The van der Waals surface area contributed by atoms with Gasteiger partial charge in [-0.05, 0) is 18.2 Å². The van der Waals surface area contributed by atoms with Gasteiger partial charge in [-0.15, -0.1) is 11.3 Å². The normalized spacial score (nSPS) is 10.8. The average Bonchev–Trinajstić information content (AvgIpc) is 3.21. The summed E-state index contributed by atoms with van der Waals surface area (Å²) in [5, 5.41) is 3.93. The number of benzene rings is 2. The van der Waals surface area contributed by atoms with Crippen LogP contribution >= 0.6 is 11.3 Å². The van der Waals surface area contributed by atoms with Gasteiger partial charge in [0.25, 0.3) is 0 Å². The van der Waals surface area contributed by atoms with Crippen molar-refractivity contribution in [3.8, 4) is 22.8 Å². The molecule has 0 unspecified atom stereocenters. The van der Waals surface area contributed by atoms with Crippen molar-refractivity contribution in [3.05, 3.63) is 58.2 Å². The number of rotatable bonds is 6. The third kappa shape index (κ3) is 4.06. The van der Waals surface area contributed by atoms with Crippen LogP contribution in [-0.2, 0) is 11.2 Å². The average molecular weight is 444 g/mol. The van der Waals surface area contributed by atoms with Crippen molar-refractivity contribution < 1.29 is 36.2 Å². The molecule has 2 aromatic carbocycles. The molecule has 30 heavy (non-hydrogen) atoms. The number of aromatic nitrogens is 1. The summed E-state index contributed by atoms with van der Waals surface area (Å²) < 4.78 is 77.6. The summed E-state index contributed by atoms with van der Waals surface area (Å²) in [6, 6.07) is 5.00. The number of anilines is 1. The summed E-state index contributed by atoms with van der Waals surface area (Å²) in [5.74, 6) is -10.6. The molecular weight excluding hydrogens is 431 g/mol. The lowest BCUT2D eigenvalue weighted by atomic mass is 10.1. The second-order valence-corrected chi connectivity index (χ2v) is 6.74. The number of ether oxygens (including phenoxy) is 2. The van der Waals surface area contributed by atoms with E-state index in [1.807, 2.05) is 0 Å². The topological polar surface area (TPSA) is 60.5 Å². The minimum absolute atomic E-state index is 0.0590. The number of methoxy groups -OCH3 is 2. The second-order valence-electron chi connectivity index (χ2n) is 5.88. The third-order valence-electron chi connectivity index (χ3n) is 4.07. The third-order valence-corrected chi connectivity index (χ3v) is 4.83. The fraction of sp³-hybridized carbons (Fsp3) is 0.158. The van der Waals surface area contributed by atoms with Crippen molar-refractivity contribution in [2.75, 3.05) is 19.5 Å². The van der Waals surface area contributed by atoms with Gasteiger partial charge in [0.1, 0.15) is 11.5 Å². The molecule has 1 heterocycles. The first-order valence-corrected chi connectivity index (χ1v) is 9.12. The lowest BCUT2D eigenvalue weighted by Gasteiger charge is -2.09. The number of carbonyl (C=O) groups is 1. The summed E-state index contributed by atoms with van der Waals surface area (Å²) in [6.45, 7) is 0. The van der Waals surface area contributed by atoms with E-state index in [2.05, 4.69) is 10.3 Å². The van der Waals surface area contributed by atoms with Crippen molar-refractivity contribution in [2.45, 2.75) is 6.42 Å². The SMILES string of the molecule is COc1ccc(OC)c(-c2csc(NC(=O)Cc3c(F)c(F)c(F)c(F)c3F)n2)c1. The maximum Gasteiger partial charge on any atom is 0.230 e. The molecule has 1 N–H and O–H groups in total. The quantitative estimate of drug-likeness (QED) is 0.340. The van der Waals surface area contributed by atoms with Gasteiger partial charge in [-0.1, -0.05) is 0 Å². The van der Waals surface area contributed by atoms with Crippen molar-refractivity contribution >= 4 is 22.4 Å². The Balaban J connectivity index is 1.82. The minimum Gasteiger partial charge on any atom is -0.497 e. The van der Waals surface area contributed by atoms with Gasteiger partial charge in [0, 0.05) is 16.5 Å². The molecule has 0 aliphatic rings. The van der Waals surface area contributed by atoms with E-state index in [9.17, 15) is 26.7 Å². The maximum absolute atomic E-state index is 13.7. The van der Waals surface area contributed by atoms with Crippen LogP contribution in [0, 0.1) is 29.1 Å². The molecule has 0 saturated heterocycles. The fourth-order valence-corrected chi connectivity index (χ4v) is 3.33. The first-order valence-electron chi connectivity index (χ1n) is 8.24. The van der Waals surface area contributed by atoms with E-state index >= 15 is 0 Å². The lowest BCUT2D eigenvalue weighted by molar-refractivity contribution is -0.115. The summed E-state index contributed by atoms with van der Waals surface area (Å²) in [7, 11) is 2.95. The zero-order valence-corrected chi connectivity index (χ0v) is 16.3. The monoisotopic (exact) mass is 444 g/mol. The largest absolute Gasteiger partial charge is 0.497 e. The molecule has 0 bridgehead atoms. The van der Waals surface area contributed by atoms with E-state index in [-0.39, 0.29) is 5.13 Å². The highest BCUT2D eigenvalue weighted by Gasteiger charge is 2.27. The van der Waals surface area contributed by atoms with Crippen LogP contribution in [0.4, 0.5) is 27.1 Å². The molecule has 0 radical (unpaired) electrons. The number of halogens is 5. The number of hydrogen-bond acceptors (Lipinski definition) is 5. The van der Waals surface area contributed by atoms with Crippen LogP contribution in [0.1, 0.15) is 5.56 Å². The molecule has 0 aliphatic carbocycles. The van der Waals surface area contributed by atoms with Crippen LogP contribution in [0.5, 0.6) is 11.5 Å². The highest BCUT2D eigenvalue weighted by molar-refractivity contribution is 7.14. The zero-order valence-electron chi connectivity index (χ0n) is 15.5. The molecule has 1 amide bonds. The number of nitrogens with zero attached hydrogens (tertiary/aromatic N) is 1. The fourth-order valence-electron chi connectivity index (χ4n) is 2.60. The maximum atomic E-state index is 13.7. The molecule has 158 valence electrons. The Bertz CT molecular complexity index is 1090.